The van der Waals surface area contributed by atoms with Crippen LogP contribution in [0.15, 0.2) is 48.5 Å². The maximum atomic E-state index is 13.3. The third-order valence-corrected chi connectivity index (χ3v) is 6.06. The fourth-order valence-electron chi connectivity index (χ4n) is 4.15. The molecule has 2 amide bonds. The van der Waals surface area contributed by atoms with E-state index >= 15 is 0 Å². The molecule has 1 fully saturated rings. The smallest absolute Gasteiger partial charge is 0.230 e. The van der Waals surface area contributed by atoms with E-state index in [4.69, 9.17) is 17.3 Å². The fraction of sp³-hybridized carbons (Fsp3) is 0.391. The number of carbonyl (C=O) groups excluding carboxylic acids is 2. The average Bonchev–Trinajstić information content (AvgIpc) is 2.72. The largest absolute Gasteiger partial charge is 0.369 e. The van der Waals surface area contributed by atoms with Crippen LogP contribution in [-0.2, 0) is 21.4 Å². The average molecular weight is 417 g/mol. The van der Waals surface area contributed by atoms with Gasteiger partial charge in [0.1, 0.15) is 5.82 Å². The van der Waals surface area contributed by atoms with Gasteiger partial charge in [-0.15, -0.1) is 0 Å². The van der Waals surface area contributed by atoms with E-state index in [1.54, 1.807) is 18.2 Å². The SMILES string of the molecule is NC(=O)C(CNC(=O)C1(c2cccc(Cl)c2)CCCCC1)Cc1ccc(F)cc1. The van der Waals surface area contributed by atoms with E-state index in [2.05, 4.69) is 5.32 Å². The molecule has 3 rings (SSSR count). The van der Waals surface area contributed by atoms with Gasteiger partial charge in [0, 0.05) is 11.6 Å². The van der Waals surface area contributed by atoms with Gasteiger partial charge in [-0.2, -0.15) is 0 Å². The Morgan fingerprint density at radius 2 is 1.79 bits per heavy atom. The van der Waals surface area contributed by atoms with Crippen LogP contribution in [-0.4, -0.2) is 18.4 Å². The van der Waals surface area contributed by atoms with Crippen molar-refractivity contribution >= 4 is 23.4 Å². The Bertz CT molecular complexity index is 863. The number of amides is 2. The highest BCUT2D eigenvalue weighted by molar-refractivity contribution is 6.30. The lowest BCUT2D eigenvalue weighted by Crippen LogP contribution is -2.48. The number of nitrogens with two attached hydrogens (primary N) is 1. The van der Waals surface area contributed by atoms with Crippen LogP contribution in [0.2, 0.25) is 5.02 Å². The van der Waals surface area contributed by atoms with Gasteiger partial charge in [0.25, 0.3) is 0 Å². The third-order valence-electron chi connectivity index (χ3n) is 5.83. The van der Waals surface area contributed by atoms with Crippen molar-refractivity contribution in [1.82, 2.24) is 5.32 Å². The summed E-state index contributed by atoms with van der Waals surface area (Å²) < 4.78 is 13.1. The molecule has 0 saturated heterocycles. The summed E-state index contributed by atoms with van der Waals surface area (Å²) in [5, 5.41) is 3.57. The van der Waals surface area contributed by atoms with Crippen LogP contribution in [0.4, 0.5) is 4.39 Å². The predicted molar refractivity (Wildman–Crippen MR) is 112 cm³/mol. The molecule has 3 N–H and O–H groups in total. The fourth-order valence-corrected chi connectivity index (χ4v) is 4.34. The number of rotatable bonds is 7. The Labute approximate surface area is 175 Å². The van der Waals surface area contributed by atoms with Gasteiger partial charge in [-0.1, -0.05) is 55.1 Å². The molecule has 154 valence electrons. The predicted octanol–water partition coefficient (Wildman–Crippen LogP) is 4.14. The van der Waals surface area contributed by atoms with E-state index in [1.165, 1.54) is 12.1 Å². The minimum atomic E-state index is -0.638. The molecule has 0 spiro atoms. The molecule has 1 saturated carbocycles. The van der Waals surface area contributed by atoms with E-state index in [9.17, 15) is 14.0 Å². The molecule has 1 atom stereocenters. The first kappa shape index (κ1) is 21.3. The Morgan fingerprint density at radius 3 is 2.41 bits per heavy atom. The van der Waals surface area contributed by atoms with Crippen molar-refractivity contribution in [2.24, 2.45) is 11.7 Å². The van der Waals surface area contributed by atoms with E-state index in [0.29, 0.717) is 11.4 Å². The molecule has 1 aliphatic rings. The van der Waals surface area contributed by atoms with Crippen LogP contribution in [0.3, 0.4) is 0 Å². The Hall–Kier alpha value is -2.40. The van der Waals surface area contributed by atoms with Crippen molar-refractivity contribution in [2.45, 2.75) is 43.9 Å². The second-order valence-corrected chi connectivity index (χ2v) is 8.23. The maximum absolute atomic E-state index is 13.3. The van der Waals surface area contributed by atoms with Crippen LogP contribution in [0.25, 0.3) is 0 Å². The summed E-state index contributed by atoms with van der Waals surface area (Å²) >= 11 is 6.18. The van der Waals surface area contributed by atoms with Gasteiger partial charge in [-0.3, -0.25) is 9.59 Å². The first-order valence-electron chi connectivity index (χ1n) is 9.99. The van der Waals surface area contributed by atoms with Crippen molar-refractivity contribution in [3.63, 3.8) is 0 Å². The van der Waals surface area contributed by atoms with Crippen LogP contribution in [0, 0.1) is 11.7 Å². The number of primary amides is 1. The molecule has 0 aliphatic heterocycles. The molecule has 1 unspecified atom stereocenters. The first-order valence-corrected chi connectivity index (χ1v) is 10.4. The summed E-state index contributed by atoms with van der Waals surface area (Å²) in [6.45, 7) is 0.147. The van der Waals surface area contributed by atoms with E-state index in [-0.39, 0.29) is 18.3 Å². The summed E-state index contributed by atoms with van der Waals surface area (Å²) in [5.41, 5.74) is 6.63. The molecular formula is C23H26ClFN2O2. The highest BCUT2D eigenvalue weighted by Crippen LogP contribution is 2.40. The second-order valence-electron chi connectivity index (χ2n) is 7.79. The van der Waals surface area contributed by atoms with Gasteiger partial charge >= 0.3 is 0 Å². The Morgan fingerprint density at radius 1 is 1.10 bits per heavy atom. The highest BCUT2D eigenvalue weighted by Gasteiger charge is 2.41. The van der Waals surface area contributed by atoms with E-state index < -0.39 is 17.2 Å². The molecule has 0 heterocycles. The molecule has 0 radical (unpaired) electrons. The van der Waals surface area contributed by atoms with Gasteiger partial charge in [-0.25, -0.2) is 4.39 Å². The topological polar surface area (TPSA) is 72.2 Å². The summed E-state index contributed by atoms with van der Waals surface area (Å²) in [5.74, 6) is -1.48. The van der Waals surface area contributed by atoms with Gasteiger partial charge < -0.3 is 11.1 Å². The van der Waals surface area contributed by atoms with Crippen LogP contribution in [0.5, 0.6) is 0 Å². The van der Waals surface area contributed by atoms with Crippen LogP contribution in [0.1, 0.15) is 43.2 Å². The monoisotopic (exact) mass is 416 g/mol. The highest BCUT2D eigenvalue weighted by atomic mass is 35.5. The summed E-state index contributed by atoms with van der Waals surface area (Å²) in [7, 11) is 0. The van der Waals surface area contributed by atoms with Crippen LogP contribution >= 0.6 is 11.6 Å². The zero-order chi connectivity index (χ0) is 20.9. The first-order chi connectivity index (χ1) is 13.9. The van der Waals surface area contributed by atoms with Gasteiger partial charge in [-0.05, 0) is 54.7 Å². The molecule has 4 nitrogen and oxygen atoms in total. The quantitative estimate of drug-likeness (QED) is 0.711. The summed E-state index contributed by atoms with van der Waals surface area (Å²) in [4.78, 5) is 25.2. The maximum Gasteiger partial charge on any atom is 0.230 e. The molecule has 2 aromatic carbocycles. The van der Waals surface area contributed by atoms with E-state index in [0.717, 1.165) is 43.2 Å². The Kier molecular flexibility index (Phi) is 6.91. The molecule has 1 aliphatic carbocycles. The zero-order valence-electron chi connectivity index (χ0n) is 16.3. The normalized spacial score (nSPS) is 16.8. The number of halogens is 2. The number of carbonyl (C=O) groups is 2. The molecule has 0 bridgehead atoms. The minimum Gasteiger partial charge on any atom is -0.369 e. The van der Waals surface area contributed by atoms with Crippen molar-refractivity contribution in [1.29, 1.82) is 0 Å². The standard InChI is InChI=1S/C23H26ClFN2O2/c24-19-6-4-5-18(14-19)23(11-2-1-3-12-23)22(29)27-15-17(21(26)28)13-16-7-9-20(25)10-8-16/h4-10,14,17H,1-3,11-13,15H2,(H2,26,28)(H,27,29). The lowest BCUT2D eigenvalue weighted by atomic mass is 9.68. The zero-order valence-corrected chi connectivity index (χ0v) is 17.1. The number of benzene rings is 2. The van der Waals surface area contributed by atoms with E-state index in [1.807, 2.05) is 18.2 Å². The summed E-state index contributed by atoms with van der Waals surface area (Å²) in [6, 6.07) is 13.4. The third kappa shape index (κ3) is 5.15. The van der Waals surface area contributed by atoms with Gasteiger partial charge in [0.15, 0.2) is 0 Å². The molecule has 29 heavy (non-hydrogen) atoms. The minimum absolute atomic E-state index is 0.0928. The molecule has 0 aromatic heterocycles. The lowest BCUT2D eigenvalue weighted by molar-refractivity contribution is -0.128. The molecule has 6 heteroatoms. The van der Waals surface area contributed by atoms with Gasteiger partial charge in [0.2, 0.25) is 11.8 Å². The van der Waals surface area contributed by atoms with Crippen LogP contribution < -0.4 is 11.1 Å². The number of nitrogens with one attached hydrogen (secondary N) is 1. The number of hydrogen-bond acceptors (Lipinski definition) is 2. The molecule has 2 aromatic rings. The second kappa shape index (κ2) is 9.40. The lowest BCUT2D eigenvalue weighted by Gasteiger charge is -2.36. The van der Waals surface area contributed by atoms with Crippen molar-refractivity contribution in [3.8, 4) is 0 Å². The van der Waals surface area contributed by atoms with Gasteiger partial charge in [0.05, 0.1) is 11.3 Å². The summed E-state index contributed by atoms with van der Waals surface area (Å²) in [6.07, 6.45) is 4.88. The molecular weight excluding hydrogens is 391 g/mol. The van der Waals surface area contributed by atoms with Crippen molar-refractivity contribution in [2.75, 3.05) is 6.54 Å². The number of hydrogen-bond donors (Lipinski definition) is 2. The van der Waals surface area contributed by atoms with Crippen molar-refractivity contribution in [3.05, 3.63) is 70.5 Å². The van der Waals surface area contributed by atoms with Crippen molar-refractivity contribution < 1.29 is 14.0 Å². The Balaban J connectivity index is 1.74.